The van der Waals surface area contributed by atoms with Crippen LogP contribution in [0.1, 0.15) is 0 Å². The summed E-state index contributed by atoms with van der Waals surface area (Å²) in [4.78, 5) is 26.1. The molecule has 1 aliphatic heterocycles. The molecule has 0 aromatic rings. The molecule has 1 rings (SSSR count). The Balaban J connectivity index is 2.18. The molecule has 1 atom stereocenters. The number of nitrogens with zero attached hydrogens (tertiary/aromatic N) is 1. The topological polar surface area (TPSA) is 81.9 Å². The van der Waals surface area contributed by atoms with Crippen LogP contribution in [0.3, 0.4) is 0 Å². The molecule has 1 unspecified atom stereocenters. The lowest BCUT2D eigenvalue weighted by Gasteiger charge is -2.33. The maximum Gasteiger partial charge on any atom is 0.334 e. The van der Waals surface area contributed by atoms with Crippen LogP contribution in [0.5, 0.6) is 0 Å². The number of hydrogen-bond acceptors (Lipinski definition) is 5. The molecule has 0 aliphatic carbocycles. The van der Waals surface area contributed by atoms with Gasteiger partial charge in [-0.1, -0.05) is 0 Å². The standard InChI is InChI=1S/C6H10N2O4/c1-11-5(9)3-12-8-2-4(7)6(8)10/h4H,2-3,7H2,1H3. The fourth-order valence-corrected chi connectivity index (χ4v) is 0.725. The average Bonchev–Trinajstić information content (AvgIpc) is 2.10. The third-order valence-corrected chi connectivity index (χ3v) is 1.49. The fourth-order valence-electron chi connectivity index (χ4n) is 0.725. The second kappa shape index (κ2) is 3.51. The predicted octanol–water partition coefficient (Wildman–Crippen LogP) is -1.74. The summed E-state index contributed by atoms with van der Waals surface area (Å²) in [5.74, 6) is -0.831. The zero-order chi connectivity index (χ0) is 9.14. The number of methoxy groups -OCH3 is 1. The molecule has 1 saturated heterocycles. The maximum absolute atomic E-state index is 10.8. The average molecular weight is 174 g/mol. The summed E-state index contributed by atoms with van der Waals surface area (Å²) in [5, 5.41) is 1.04. The van der Waals surface area contributed by atoms with Crippen LogP contribution in [0.25, 0.3) is 0 Å². The number of hydrogen-bond donors (Lipinski definition) is 1. The Bertz CT molecular complexity index is 206. The van der Waals surface area contributed by atoms with Crippen molar-refractivity contribution < 1.29 is 19.2 Å². The highest BCUT2D eigenvalue weighted by molar-refractivity contribution is 5.86. The molecule has 1 fully saturated rings. The van der Waals surface area contributed by atoms with E-state index in [2.05, 4.69) is 4.74 Å². The van der Waals surface area contributed by atoms with Crippen LogP contribution in [0, 0.1) is 0 Å². The lowest BCUT2D eigenvalue weighted by atomic mass is 10.2. The Morgan fingerprint density at radius 1 is 1.83 bits per heavy atom. The Kier molecular flexibility index (Phi) is 2.61. The molecule has 1 amide bonds. The van der Waals surface area contributed by atoms with Gasteiger partial charge in [-0.2, -0.15) is 0 Å². The normalized spacial score (nSPS) is 22.0. The molecule has 1 heterocycles. The Morgan fingerprint density at radius 2 is 2.50 bits per heavy atom. The molecule has 1 aliphatic rings. The van der Waals surface area contributed by atoms with Crippen LogP contribution in [-0.4, -0.2) is 43.2 Å². The highest BCUT2D eigenvalue weighted by Gasteiger charge is 2.35. The molecule has 0 radical (unpaired) electrons. The van der Waals surface area contributed by atoms with Crippen molar-refractivity contribution in [2.45, 2.75) is 6.04 Å². The Labute approximate surface area is 69.2 Å². The van der Waals surface area contributed by atoms with Crippen LogP contribution in [-0.2, 0) is 19.2 Å². The summed E-state index contributed by atoms with van der Waals surface area (Å²) in [6.45, 7) is 0.0742. The summed E-state index contributed by atoms with van der Waals surface area (Å²) >= 11 is 0. The monoisotopic (exact) mass is 174 g/mol. The van der Waals surface area contributed by atoms with Crippen molar-refractivity contribution in [3.05, 3.63) is 0 Å². The highest BCUT2D eigenvalue weighted by atomic mass is 16.7. The number of carbonyl (C=O) groups is 2. The smallest absolute Gasteiger partial charge is 0.334 e. The van der Waals surface area contributed by atoms with Gasteiger partial charge in [-0.3, -0.25) is 9.63 Å². The second-order valence-corrected chi connectivity index (χ2v) is 2.36. The molecular formula is C6H10N2O4. The number of nitrogens with two attached hydrogens (primary N) is 1. The van der Waals surface area contributed by atoms with Gasteiger partial charge < -0.3 is 10.5 Å². The number of β-lactam (4-membered cyclic amide) rings is 1. The number of carbonyl (C=O) groups excluding carboxylic acids is 2. The number of ether oxygens (including phenoxy) is 1. The quantitative estimate of drug-likeness (QED) is 0.405. The van der Waals surface area contributed by atoms with Crippen molar-refractivity contribution in [2.24, 2.45) is 5.73 Å². The molecule has 0 saturated carbocycles. The van der Waals surface area contributed by atoms with Crippen molar-refractivity contribution in [3.63, 3.8) is 0 Å². The Hall–Kier alpha value is -1.14. The van der Waals surface area contributed by atoms with Gasteiger partial charge in [0.1, 0.15) is 6.04 Å². The zero-order valence-corrected chi connectivity index (χ0v) is 6.65. The van der Waals surface area contributed by atoms with E-state index in [1.165, 1.54) is 7.11 Å². The summed E-state index contributed by atoms with van der Waals surface area (Å²) in [6.07, 6.45) is 0. The molecule has 68 valence electrons. The van der Waals surface area contributed by atoms with Gasteiger partial charge in [0.05, 0.1) is 13.7 Å². The van der Waals surface area contributed by atoms with E-state index >= 15 is 0 Å². The second-order valence-electron chi connectivity index (χ2n) is 2.36. The van der Waals surface area contributed by atoms with Gasteiger partial charge in [-0.25, -0.2) is 9.86 Å². The number of rotatable bonds is 3. The summed E-state index contributed by atoms with van der Waals surface area (Å²) in [5.41, 5.74) is 5.26. The summed E-state index contributed by atoms with van der Waals surface area (Å²) < 4.78 is 4.30. The molecule has 0 spiro atoms. The summed E-state index contributed by atoms with van der Waals surface area (Å²) in [7, 11) is 1.25. The van der Waals surface area contributed by atoms with Gasteiger partial charge in [-0.15, -0.1) is 0 Å². The lowest BCUT2D eigenvalue weighted by molar-refractivity contribution is -0.215. The van der Waals surface area contributed by atoms with Crippen molar-refractivity contribution in [1.82, 2.24) is 5.06 Å². The van der Waals surface area contributed by atoms with Gasteiger partial charge in [0.15, 0.2) is 6.61 Å². The van der Waals surface area contributed by atoms with Crippen LogP contribution in [0.2, 0.25) is 0 Å². The highest BCUT2D eigenvalue weighted by Crippen LogP contribution is 2.07. The van der Waals surface area contributed by atoms with E-state index in [0.717, 1.165) is 5.06 Å². The van der Waals surface area contributed by atoms with Gasteiger partial charge in [0, 0.05) is 0 Å². The van der Waals surface area contributed by atoms with E-state index in [9.17, 15) is 9.59 Å². The van der Waals surface area contributed by atoms with E-state index in [-0.39, 0.29) is 12.5 Å². The number of amides is 1. The van der Waals surface area contributed by atoms with Gasteiger partial charge in [0.25, 0.3) is 5.91 Å². The minimum Gasteiger partial charge on any atom is -0.467 e. The predicted molar refractivity (Wildman–Crippen MR) is 37.7 cm³/mol. The SMILES string of the molecule is COC(=O)CON1CC(N)C1=O. The van der Waals surface area contributed by atoms with E-state index in [0.29, 0.717) is 6.54 Å². The number of esters is 1. The minimum atomic E-state index is -0.525. The minimum absolute atomic E-state index is 0.255. The molecule has 0 aromatic carbocycles. The largest absolute Gasteiger partial charge is 0.467 e. The molecule has 0 bridgehead atoms. The van der Waals surface area contributed by atoms with E-state index in [1.807, 2.05) is 0 Å². The molecule has 6 nitrogen and oxygen atoms in total. The van der Waals surface area contributed by atoms with Crippen molar-refractivity contribution >= 4 is 11.9 Å². The van der Waals surface area contributed by atoms with Crippen LogP contribution >= 0.6 is 0 Å². The van der Waals surface area contributed by atoms with Crippen molar-refractivity contribution in [1.29, 1.82) is 0 Å². The zero-order valence-electron chi connectivity index (χ0n) is 6.65. The number of hydroxylamine groups is 2. The first-order valence-corrected chi connectivity index (χ1v) is 3.42. The first-order chi connectivity index (χ1) is 5.65. The van der Waals surface area contributed by atoms with Crippen molar-refractivity contribution in [3.8, 4) is 0 Å². The van der Waals surface area contributed by atoms with E-state index in [1.54, 1.807) is 0 Å². The third kappa shape index (κ3) is 1.72. The maximum atomic E-state index is 10.8. The van der Waals surface area contributed by atoms with Crippen LogP contribution in [0.15, 0.2) is 0 Å². The van der Waals surface area contributed by atoms with Crippen molar-refractivity contribution in [2.75, 3.05) is 20.3 Å². The molecule has 12 heavy (non-hydrogen) atoms. The van der Waals surface area contributed by atoms with Gasteiger partial charge in [-0.05, 0) is 0 Å². The fraction of sp³-hybridized carbons (Fsp3) is 0.667. The lowest BCUT2D eigenvalue weighted by Crippen LogP contribution is -2.60. The summed E-state index contributed by atoms with van der Waals surface area (Å²) in [6, 6.07) is -0.484. The van der Waals surface area contributed by atoms with Gasteiger partial charge >= 0.3 is 5.97 Å². The van der Waals surface area contributed by atoms with E-state index < -0.39 is 12.0 Å². The Morgan fingerprint density at radius 3 is 2.92 bits per heavy atom. The molecule has 6 heteroatoms. The first-order valence-electron chi connectivity index (χ1n) is 3.42. The third-order valence-electron chi connectivity index (χ3n) is 1.49. The van der Waals surface area contributed by atoms with Crippen LogP contribution in [0.4, 0.5) is 0 Å². The van der Waals surface area contributed by atoms with Gasteiger partial charge in [0.2, 0.25) is 0 Å². The molecular weight excluding hydrogens is 164 g/mol. The molecule has 0 aromatic heterocycles. The van der Waals surface area contributed by atoms with E-state index in [4.69, 9.17) is 10.6 Å². The first kappa shape index (κ1) is 8.95. The molecule has 2 N–H and O–H groups in total. The van der Waals surface area contributed by atoms with Crippen LogP contribution < -0.4 is 5.73 Å².